The Morgan fingerprint density at radius 3 is 2.41 bits per heavy atom. The largest absolute Gasteiger partial charge is 0.513 e. The monoisotopic (exact) mass is 307 g/mol. The molecule has 0 aliphatic rings. The van der Waals surface area contributed by atoms with Crippen LogP contribution in [0.2, 0.25) is 0 Å². The van der Waals surface area contributed by atoms with Gasteiger partial charge in [0.25, 0.3) is 0 Å². The maximum Gasteiger partial charge on any atom is 0.513 e. The lowest BCUT2D eigenvalue weighted by Crippen LogP contribution is -2.35. The molecule has 0 spiro atoms. The van der Waals surface area contributed by atoms with Crippen molar-refractivity contribution in [1.82, 2.24) is 0 Å². The van der Waals surface area contributed by atoms with Gasteiger partial charge in [0.05, 0.1) is 12.9 Å². The molecule has 0 radical (unpaired) electrons. The van der Waals surface area contributed by atoms with Gasteiger partial charge < -0.3 is 22.4 Å². The fraction of sp³-hybridized carbons (Fsp3) is 0.125. The van der Waals surface area contributed by atoms with Gasteiger partial charge >= 0.3 is 6.98 Å². The summed E-state index contributed by atoms with van der Waals surface area (Å²) in [7, 11) is 1.33. The minimum Gasteiger partial charge on any atom is -0.497 e. The molecule has 0 aromatic heterocycles. The van der Waals surface area contributed by atoms with Crippen LogP contribution in [-0.4, -0.2) is 20.7 Å². The number of methoxy groups -OCH3 is 1. The molecule has 2 nitrogen and oxygen atoms in total. The maximum absolute atomic E-state index is 13.0. The standard InChI is InChI=1S/C16H15BF3O2/c1-21-14-9-10-16(15(12-14)17(18,19)20)22-11-5-8-13-6-3-2-4-7-13/h2-10,12H,11H2,1H3/q-1/b8-5+. The predicted molar refractivity (Wildman–Crippen MR) is 82.7 cm³/mol. The van der Waals surface area contributed by atoms with Crippen LogP contribution in [0.15, 0.2) is 54.6 Å². The highest BCUT2D eigenvalue weighted by Gasteiger charge is 2.29. The SMILES string of the molecule is COc1ccc(OC/C=C/c2ccccc2)c([B-](F)(F)F)c1. The van der Waals surface area contributed by atoms with Crippen molar-refractivity contribution in [1.29, 1.82) is 0 Å². The zero-order valence-electron chi connectivity index (χ0n) is 12.0. The van der Waals surface area contributed by atoms with Gasteiger partial charge in [-0.2, -0.15) is 0 Å². The lowest BCUT2D eigenvalue weighted by atomic mass is 9.79. The van der Waals surface area contributed by atoms with E-state index in [1.807, 2.05) is 30.3 Å². The Hall–Kier alpha value is -2.37. The summed E-state index contributed by atoms with van der Waals surface area (Å²) in [6.07, 6.45) is 3.47. The quantitative estimate of drug-likeness (QED) is 0.755. The Kier molecular flexibility index (Phi) is 5.14. The molecule has 116 valence electrons. The Labute approximate surface area is 127 Å². The van der Waals surface area contributed by atoms with Gasteiger partial charge in [-0.1, -0.05) is 41.9 Å². The Bertz CT molecular complexity index is 640. The first-order valence-electron chi connectivity index (χ1n) is 6.73. The van der Waals surface area contributed by atoms with Crippen molar-refractivity contribution in [2.45, 2.75) is 0 Å². The molecule has 0 aliphatic carbocycles. The summed E-state index contributed by atoms with van der Waals surface area (Å²) >= 11 is 0. The summed E-state index contributed by atoms with van der Waals surface area (Å²) in [4.78, 5) is 0. The molecule has 6 heteroatoms. The van der Waals surface area contributed by atoms with E-state index in [0.717, 1.165) is 11.6 Å². The molecule has 0 saturated heterocycles. The molecule has 0 bridgehead atoms. The molecule has 0 atom stereocenters. The number of rotatable bonds is 6. The normalized spacial score (nSPS) is 11.6. The lowest BCUT2D eigenvalue weighted by Gasteiger charge is -2.20. The lowest BCUT2D eigenvalue weighted by molar-refractivity contribution is 0.361. The molecular formula is C16H15BF3O2-. The number of benzene rings is 2. The molecule has 2 rings (SSSR count). The fourth-order valence-electron chi connectivity index (χ4n) is 1.93. The van der Waals surface area contributed by atoms with Crippen molar-refractivity contribution < 1.29 is 22.4 Å². The first kappa shape index (κ1) is 16.0. The van der Waals surface area contributed by atoms with Crippen molar-refractivity contribution in [3.63, 3.8) is 0 Å². The maximum atomic E-state index is 13.0. The molecule has 0 heterocycles. The van der Waals surface area contributed by atoms with E-state index in [4.69, 9.17) is 9.47 Å². The van der Waals surface area contributed by atoms with Crippen LogP contribution in [0.3, 0.4) is 0 Å². The van der Waals surface area contributed by atoms with E-state index >= 15 is 0 Å². The van der Waals surface area contributed by atoms with Gasteiger partial charge in [-0.15, -0.1) is 0 Å². The third-order valence-electron chi connectivity index (χ3n) is 3.01. The van der Waals surface area contributed by atoms with Gasteiger partial charge in [0, 0.05) is 0 Å². The first-order valence-corrected chi connectivity index (χ1v) is 6.73. The fourth-order valence-corrected chi connectivity index (χ4v) is 1.93. The van der Waals surface area contributed by atoms with Gasteiger partial charge in [0.2, 0.25) is 0 Å². The summed E-state index contributed by atoms with van der Waals surface area (Å²) in [5.41, 5.74) is 0.175. The van der Waals surface area contributed by atoms with E-state index in [1.54, 1.807) is 12.2 Å². The van der Waals surface area contributed by atoms with Gasteiger partial charge in [0.1, 0.15) is 12.4 Å². The van der Waals surface area contributed by atoms with Crippen LogP contribution in [-0.2, 0) is 0 Å². The van der Waals surface area contributed by atoms with Crippen LogP contribution in [0.25, 0.3) is 6.08 Å². The van der Waals surface area contributed by atoms with Crippen LogP contribution in [0.5, 0.6) is 11.5 Å². The molecule has 0 amide bonds. The number of hydrogen-bond donors (Lipinski definition) is 0. The average molecular weight is 307 g/mol. The van der Waals surface area contributed by atoms with E-state index < -0.39 is 12.4 Å². The Balaban J connectivity index is 2.08. The molecule has 0 fully saturated rings. The van der Waals surface area contributed by atoms with Crippen LogP contribution in [0.1, 0.15) is 5.56 Å². The number of ether oxygens (including phenoxy) is 2. The van der Waals surface area contributed by atoms with Crippen LogP contribution in [0.4, 0.5) is 12.9 Å². The average Bonchev–Trinajstić information content (AvgIpc) is 2.51. The van der Waals surface area contributed by atoms with Crippen molar-refractivity contribution in [3.05, 3.63) is 60.2 Å². The second-order valence-electron chi connectivity index (χ2n) is 4.60. The molecule has 2 aromatic carbocycles. The molecule has 0 saturated carbocycles. The Morgan fingerprint density at radius 1 is 1.05 bits per heavy atom. The molecule has 0 aliphatic heterocycles. The van der Waals surface area contributed by atoms with E-state index in [1.165, 1.54) is 19.2 Å². The van der Waals surface area contributed by atoms with Crippen molar-refractivity contribution >= 4 is 18.5 Å². The van der Waals surface area contributed by atoms with Gasteiger partial charge in [0.15, 0.2) is 0 Å². The number of hydrogen-bond acceptors (Lipinski definition) is 2. The minimum absolute atomic E-state index is 0.0559. The Morgan fingerprint density at radius 2 is 1.77 bits per heavy atom. The zero-order chi connectivity index (χ0) is 16.0. The zero-order valence-corrected chi connectivity index (χ0v) is 12.0. The van der Waals surface area contributed by atoms with Crippen molar-refractivity contribution in [3.8, 4) is 11.5 Å². The topological polar surface area (TPSA) is 18.5 Å². The smallest absolute Gasteiger partial charge is 0.497 e. The van der Waals surface area contributed by atoms with Crippen molar-refractivity contribution in [2.75, 3.05) is 13.7 Å². The highest BCUT2D eigenvalue weighted by atomic mass is 19.4. The van der Waals surface area contributed by atoms with E-state index in [2.05, 4.69) is 0 Å². The highest BCUT2D eigenvalue weighted by molar-refractivity contribution is 6.74. The molecule has 0 unspecified atom stereocenters. The third-order valence-corrected chi connectivity index (χ3v) is 3.01. The van der Waals surface area contributed by atoms with E-state index in [0.29, 0.717) is 0 Å². The third kappa shape index (κ3) is 4.31. The second kappa shape index (κ2) is 7.07. The highest BCUT2D eigenvalue weighted by Crippen LogP contribution is 2.22. The molecular weight excluding hydrogens is 292 g/mol. The number of halogens is 3. The van der Waals surface area contributed by atoms with Gasteiger partial charge in [-0.25, -0.2) is 0 Å². The predicted octanol–water partition coefficient (Wildman–Crippen LogP) is 3.84. The summed E-state index contributed by atoms with van der Waals surface area (Å²) in [5, 5.41) is 0. The minimum atomic E-state index is -5.16. The van der Waals surface area contributed by atoms with Crippen LogP contribution in [0, 0.1) is 0 Å². The van der Waals surface area contributed by atoms with Crippen LogP contribution >= 0.6 is 0 Å². The van der Waals surface area contributed by atoms with Crippen molar-refractivity contribution in [2.24, 2.45) is 0 Å². The second-order valence-corrected chi connectivity index (χ2v) is 4.60. The van der Waals surface area contributed by atoms with Gasteiger partial charge in [-0.3, -0.25) is 0 Å². The summed E-state index contributed by atoms with van der Waals surface area (Å²) < 4.78 is 49.2. The molecule has 0 N–H and O–H groups in total. The molecule has 2 aromatic rings. The van der Waals surface area contributed by atoms with Gasteiger partial charge in [-0.05, 0) is 29.8 Å². The summed E-state index contributed by atoms with van der Waals surface area (Å²) in [6.45, 7) is -5.11. The summed E-state index contributed by atoms with van der Waals surface area (Å²) in [5.74, 6) is -0.0348. The first-order chi connectivity index (χ1) is 10.5. The summed E-state index contributed by atoms with van der Waals surface area (Å²) in [6, 6.07) is 13.1. The van der Waals surface area contributed by atoms with Crippen LogP contribution < -0.4 is 14.9 Å². The van der Waals surface area contributed by atoms with E-state index in [-0.39, 0.29) is 18.1 Å². The molecule has 22 heavy (non-hydrogen) atoms. The van der Waals surface area contributed by atoms with E-state index in [9.17, 15) is 12.9 Å².